The van der Waals surface area contributed by atoms with Gasteiger partial charge in [-0.1, -0.05) is 26.0 Å². The van der Waals surface area contributed by atoms with E-state index in [4.69, 9.17) is 0 Å². The lowest BCUT2D eigenvalue weighted by Gasteiger charge is -2.12. The number of benzene rings is 1. The Kier molecular flexibility index (Phi) is 4.55. The molecule has 0 aliphatic carbocycles. The second-order valence-electron chi connectivity index (χ2n) is 5.77. The van der Waals surface area contributed by atoms with Gasteiger partial charge >= 0.3 is 0 Å². The summed E-state index contributed by atoms with van der Waals surface area (Å²) in [5.74, 6) is 0.529. The van der Waals surface area contributed by atoms with Crippen LogP contribution in [0.4, 0.5) is 5.69 Å². The molecule has 0 saturated carbocycles. The molecule has 4 heteroatoms. The van der Waals surface area contributed by atoms with Crippen LogP contribution in [0.25, 0.3) is 0 Å². The second kappa shape index (κ2) is 6.18. The van der Waals surface area contributed by atoms with Gasteiger partial charge in [0.25, 0.3) is 0 Å². The van der Waals surface area contributed by atoms with Crippen LogP contribution >= 0.6 is 0 Å². The van der Waals surface area contributed by atoms with Gasteiger partial charge in [0.15, 0.2) is 0 Å². The molecule has 1 fully saturated rings. The molecule has 108 valence electrons. The summed E-state index contributed by atoms with van der Waals surface area (Å²) in [4.78, 5) is 23.4. The van der Waals surface area contributed by atoms with Crippen LogP contribution in [0.15, 0.2) is 24.3 Å². The summed E-state index contributed by atoms with van der Waals surface area (Å²) < 4.78 is 0. The molecule has 0 radical (unpaired) electrons. The average molecular weight is 274 g/mol. The highest BCUT2D eigenvalue weighted by Crippen LogP contribution is 2.19. The number of amides is 1. The van der Waals surface area contributed by atoms with E-state index in [0.717, 1.165) is 5.69 Å². The van der Waals surface area contributed by atoms with Gasteiger partial charge in [-0.05, 0) is 37.0 Å². The van der Waals surface area contributed by atoms with E-state index in [1.165, 1.54) is 5.56 Å². The Bertz CT molecular complexity index is 494. The Labute approximate surface area is 119 Å². The molecule has 1 aromatic carbocycles. The molecule has 1 heterocycles. The van der Waals surface area contributed by atoms with Crippen LogP contribution in [0.1, 0.15) is 38.7 Å². The number of hydrogen-bond donors (Lipinski definition) is 2. The third-order valence-corrected chi connectivity index (χ3v) is 3.87. The van der Waals surface area contributed by atoms with Crippen molar-refractivity contribution in [1.82, 2.24) is 5.32 Å². The number of carbonyl (C=O) groups excluding carboxylic acids is 2. The zero-order valence-corrected chi connectivity index (χ0v) is 12.3. The number of carbonyl (C=O) groups is 2. The minimum absolute atomic E-state index is 0.0333. The van der Waals surface area contributed by atoms with Crippen molar-refractivity contribution in [2.45, 2.75) is 39.2 Å². The lowest BCUT2D eigenvalue weighted by molar-refractivity contribution is -0.120. The van der Waals surface area contributed by atoms with Crippen LogP contribution in [-0.4, -0.2) is 24.3 Å². The molecule has 1 aromatic rings. The summed E-state index contributed by atoms with van der Waals surface area (Å²) in [6, 6.07) is 7.63. The van der Waals surface area contributed by atoms with E-state index in [1.807, 2.05) is 24.3 Å². The van der Waals surface area contributed by atoms with Gasteiger partial charge in [0, 0.05) is 18.2 Å². The summed E-state index contributed by atoms with van der Waals surface area (Å²) in [5, 5.41) is 6.00. The second-order valence-corrected chi connectivity index (χ2v) is 5.77. The standard InChI is InChI=1S/C16H22N2O2/c1-10(2)12-4-6-14(7-5-12)18-16(20)15-8-13(9-17-15)11(3)19/h4-7,10,13,15,17H,8-9H2,1-3H3,(H,18,20). The molecule has 2 rings (SSSR count). The molecule has 0 aromatic heterocycles. The van der Waals surface area contributed by atoms with E-state index in [-0.39, 0.29) is 23.7 Å². The molecule has 1 saturated heterocycles. The molecular formula is C16H22N2O2. The van der Waals surface area contributed by atoms with Gasteiger partial charge in [0.05, 0.1) is 6.04 Å². The van der Waals surface area contributed by atoms with E-state index in [0.29, 0.717) is 18.9 Å². The van der Waals surface area contributed by atoms with Gasteiger partial charge < -0.3 is 10.6 Å². The Balaban J connectivity index is 1.93. The molecule has 1 aliphatic heterocycles. The Morgan fingerprint density at radius 2 is 1.90 bits per heavy atom. The maximum absolute atomic E-state index is 12.1. The fourth-order valence-corrected chi connectivity index (χ4v) is 2.43. The minimum atomic E-state index is -0.270. The monoisotopic (exact) mass is 274 g/mol. The van der Waals surface area contributed by atoms with Crippen LogP contribution in [0.3, 0.4) is 0 Å². The molecule has 2 atom stereocenters. The minimum Gasteiger partial charge on any atom is -0.325 e. The van der Waals surface area contributed by atoms with Crippen LogP contribution in [0.5, 0.6) is 0 Å². The van der Waals surface area contributed by atoms with Crippen LogP contribution in [-0.2, 0) is 9.59 Å². The first-order valence-corrected chi connectivity index (χ1v) is 7.12. The van der Waals surface area contributed by atoms with Gasteiger partial charge in [-0.15, -0.1) is 0 Å². The van der Waals surface area contributed by atoms with Gasteiger partial charge in [-0.2, -0.15) is 0 Å². The van der Waals surface area contributed by atoms with Gasteiger partial charge in [-0.3, -0.25) is 9.59 Å². The van der Waals surface area contributed by atoms with Crippen molar-refractivity contribution in [3.63, 3.8) is 0 Å². The quantitative estimate of drug-likeness (QED) is 0.886. The Hall–Kier alpha value is -1.68. The predicted octanol–water partition coefficient (Wildman–Crippen LogP) is 2.32. The van der Waals surface area contributed by atoms with E-state index in [9.17, 15) is 9.59 Å². The molecule has 2 N–H and O–H groups in total. The lowest BCUT2D eigenvalue weighted by atomic mass is 10.0. The smallest absolute Gasteiger partial charge is 0.241 e. The van der Waals surface area contributed by atoms with E-state index in [2.05, 4.69) is 24.5 Å². The molecule has 0 spiro atoms. The maximum Gasteiger partial charge on any atom is 0.241 e. The van der Waals surface area contributed by atoms with Crippen LogP contribution in [0.2, 0.25) is 0 Å². The molecule has 0 bridgehead atoms. The van der Waals surface area contributed by atoms with Crippen LogP contribution in [0, 0.1) is 5.92 Å². The highest BCUT2D eigenvalue weighted by Gasteiger charge is 2.31. The SMILES string of the molecule is CC(=O)C1CNC(C(=O)Nc2ccc(C(C)C)cc2)C1. The van der Waals surface area contributed by atoms with Crippen molar-refractivity contribution >= 4 is 17.4 Å². The first-order valence-electron chi connectivity index (χ1n) is 7.12. The van der Waals surface area contributed by atoms with Crippen molar-refractivity contribution < 1.29 is 9.59 Å². The third-order valence-electron chi connectivity index (χ3n) is 3.87. The fraction of sp³-hybridized carbons (Fsp3) is 0.500. The number of nitrogens with one attached hydrogen (secondary N) is 2. The summed E-state index contributed by atoms with van der Waals surface area (Å²) >= 11 is 0. The van der Waals surface area contributed by atoms with Gasteiger partial charge in [-0.25, -0.2) is 0 Å². The number of Topliss-reactive ketones (excluding diaryl/α,β-unsaturated/α-hetero) is 1. The van der Waals surface area contributed by atoms with E-state index < -0.39 is 0 Å². The fourth-order valence-electron chi connectivity index (χ4n) is 2.43. The first-order chi connectivity index (χ1) is 9.47. The van der Waals surface area contributed by atoms with E-state index in [1.54, 1.807) is 6.92 Å². The number of anilines is 1. The topological polar surface area (TPSA) is 58.2 Å². The number of rotatable bonds is 4. The van der Waals surface area contributed by atoms with E-state index >= 15 is 0 Å². The van der Waals surface area contributed by atoms with Crippen molar-refractivity contribution in [3.8, 4) is 0 Å². The Morgan fingerprint density at radius 1 is 1.25 bits per heavy atom. The normalized spacial score (nSPS) is 22.0. The highest BCUT2D eigenvalue weighted by atomic mass is 16.2. The third kappa shape index (κ3) is 3.45. The zero-order valence-electron chi connectivity index (χ0n) is 12.3. The summed E-state index contributed by atoms with van der Waals surface area (Å²) in [6.45, 7) is 6.45. The zero-order chi connectivity index (χ0) is 14.7. The Morgan fingerprint density at radius 3 is 2.40 bits per heavy atom. The number of ketones is 1. The van der Waals surface area contributed by atoms with Crippen molar-refractivity contribution in [3.05, 3.63) is 29.8 Å². The molecular weight excluding hydrogens is 252 g/mol. The van der Waals surface area contributed by atoms with Crippen LogP contribution < -0.4 is 10.6 Å². The van der Waals surface area contributed by atoms with Crippen molar-refractivity contribution in [2.24, 2.45) is 5.92 Å². The first kappa shape index (κ1) is 14.7. The summed E-state index contributed by atoms with van der Waals surface area (Å²) in [7, 11) is 0. The molecule has 2 unspecified atom stereocenters. The average Bonchev–Trinajstić information content (AvgIpc) is 2.89. The molecule has 20 heavy (non-hydrogen) atoms. The molecule has 1 aliphatic rings. The van der Waals surface area contributed by atoms with Gasteiger partial charge in [0.1, 0.15) is 5.78 Å². The largest absolute Gasteiger partial charge is 0.325 e. The molecule has 1 amide bonds. The van der Waals surface area contributed by atoms with Gasteiger partial charge in [0.2, 0.25) is 5.91 Å². The number of hydrogen-bond acceptors (Lipinski definition) is 3. The summed E-state index contributed by atoms with van der Waals surface area (Å²) in [5.41, 5.74) is 2.05. The van der Waals surface area contributed by atoms with Crippen molar-refractivity contribution in [2.75, 3.05) is 11.9 Å². The lowest BCUT2D eigenvalue weighted by Crippen LogP contribution is -2.35. The highest BCUT2D eigenvalue weighted by molar-refractivity contribution is 5.95. The van der Waals surface area contributed by atoms with Crippen molar-refractivity contribution in [1.29, 1.82) is 0 Å². The predicted molar refractivity (Wildman–Crippen MR) is 79.7 cm³/mol. The maximum atomic E-state index is 12.1. The summed E-state index contributed by atoms with van der Waals surface area (Å²) in [6.07, 6.45) is 0.589. The molecule has 4 nitrogen and oxygen atoms in total.